The zero-order valence-electron chi connectivity index (χ0n) is 21.8. The van der Waals surface area contributed by atoms with E-state index in [1.165, 1.54) is 5.56 Å². The van der Waals surface area contributed by atoms with Crippen molar-refractivity contribution in [2.24, 2.45) is 0 Å². The second-order valence-corrected chi connectivity index (χ2v) is 9.63. The fourth-order valence-electron chi connectivity index (χ4n) is 3.27. The third-order valence-electron chi connectivity index (χ3n) is 5.52. The van der Waals surface area contributed by atoms with Gasteiger partial charge in [-0.3, -0.25) is 0 Å². The lowest BCUT2D eigenvalue weighted by Gasteiger charge is -2.07. The Kier molecular flexibility index (Phi) is 11.0. The van der Waals surface area contributed by atoms with E-state index in [1.807, 2.05) is 57.2 Å². The highest BCUT2D eigenvalue weighted by molar-refractivity contribution is 5.38. The van der Waals surface area contributed by atoms with Crippen LogP contribution >= 0.6 is 0 Å². The minimum atomic E-state index is 0.399. The maximum atomic E-state index is 9.46. The van der Waals surface area contributed by atoms with Crippen LogP contribution in [0.25, 0.3) is 0 Å². The first kappa shape index (κ1) is 28.1. The molecule has 3 N–H and O–H groups in total. The monoisotopic (exact) mass is 450 g/mol. The summed E-state index contributed by atoms with van der Waals surface area (Å²) in [7, 11) is 0. The van der Waals surface area contributed by atoms with Crippen LogP contribution in [0.3, 0.4) is 0 Å². The molecule has 0 fully saturated rings. The van der Waals surface area contributed by atoms with Crippen LogP contribution in [0.2, 0.25) is 0 Å². The molecule has 0 aromatic heterocycles. The number of benzene rings is 3. The van der Waals surface area contributed by atoms with Gasteiger partial charge in [0.1, 0.15) is 17.2 Å². The van der Waals surface area contributed by atoms with Gasteiger partial charge in [-0.05, 0) is 90.1 Å². The first-order valence-electron chi connectivity index (χ1n) is 11.7. The summed E-state index contributed by atoms with van der Waals surface area (Å²) in [6.45, 7) is 18.4. The van der Waals surface area contributed by atoms with E-state index in [4.69, 9.17) is 0 Å². The summed E-state index contributed by atoms with van der Waals surface area (Å²) in [5.41, 5.74) is 6.38. The van der Waals surface area contributed by atoms with Crippen molar-refractivity contribution in [3.63, 3.8) is 0 Å². The lowest BCUT2D eigenvalue weighted by atomic mass is 10.0. The van der Waals surface area contributed by atoms with Crippen LogP contribution in [0.1, 0.15) is 92.7 Å². The molecule has 0 aliphatic heterocycles. The average molecular weight is 451 g/mol. The topological polar surface area (TPSA) is 60.7 Å². The minimum absolute atomic E-state index is 0.399. The zero-order valence-corrected chi connectivity index (χ0v) is 21.8. The fraction of sp³-hybridized carbons (Fsp3) is 0.400. The number of aromatic hydroxyl groups is 3. The fourth-order valence-corrected chi connectivity index (χ4v) is 3.27. The molecule has 3 heteroatoms. The number of aryl methyl sites for hydroxylation is 3. The van der Waals surface area contributed by atoms with Gasteiger partial charge in [0.05, 0.1) is 0 Å². The second-order valence-electron chi connectivity index (χ2n) is 9.63. The predicted molar refractivity (Wildman–Crippen MR) is 141 cm³/mol. The standard InChI is InChI=1S/3C10H14O/c1-7(2)9-5-4-8(3)10(11)6-9;2*1-7(2)9-5-4-8(3)6-10(9)11/h3*4-7,11H,1-3H3. The van der Waals surface area contributed by atoms with E-state index in [2.05, 4.69) is 47.6 Å². The van der Waals surface area contributed by atoms with Crippen LogP contribution in [-0.4, -0.2) is 15.3 Å². The summed E-state index contributed by atoms with van der Waals surface area (Å²) in [5, 5.41) is 28.3. The highest BCUT2D eigenvalue weighted by atomic mass is 16.3. The van der Waals surface area contributed by atoms with Gasteiger partial charge in [0, 0.05) is 0 Å². The van der Waals surface area contributed by atoms with Crippen molar-refractivity contribution in [1.29, 1.82) is 0 Å². The molecule has 0 spiro atoms. The zero-order chi connectivity index (χ0) is 25.3. The Balaban J connectivity index is 0.000000247. The Hall–Kier alpha value is -2.94. The van der Waals surface area contributed by atoms with Crippen molar-refractivity contribution in [2.45, 2.75) is 80.1 Å². The van der Waals surface area contributed by atoms with Gasteiger partial charge in [-0.25, -0.2) is 0 Å². The molecule has 3 nitrogen and oxygen atoms in total. The number of phenolic OH excluding ortho intramolecular Hbond substituents is 3. The molecule has 0 radical (unpaired) electrons. The molecular weight excluding hydrogens is 408 g/mol. The largest absolute Gasteiger partial charge is 0.508 e. The molecule has 0 atom stereocenters. The maximum Gasteiger partial charge on any atom is 0.119 e. The normalized spacial score (nSPS) is 10.5. The van der Waals surface area contributed by atoms with E-state index >= 15 is 0 Å². The first-order chi connectivity index (χ1) is 15.3. The number of rotatable bonds is 3. The quantitative estimate of drug-likeness (QED) is 0.375. The molecule has 3 aromatic rings. The van der Waals surface area contributed by atoms with Gasteiger partial charge in [-0.1, -0.05) is 77.9 Å². The van der Waals surface area contributed by atoms with Gasteiger partial charge in [-0.15, -0.1) is 0 Å². The summed E-state index contributed by atoms with van der Waals surface area (Å²) in [5.74, 6) is 2.52. The van der Waals surface area contributed by atoms with Gasteiger partial charge in [0.15, 0.2) is 0 Å². The maximum absolute atomic E-state index is 9.46. The lowest BCUT2D eigenvalue weighted by molar-refractivity contribution is 0.464. The van der Waals surface area contributed by atoms with Crippen molar-refractivity contribution < 1.29 is 15.3 Å². The van der Waals surface area contributed by atoms with Crippen molar-refractivity contribution >= 4 is 0 Å². The Labute approximate surface area is 200 Å². The third kappa shape index (κ3) is 9.21. The van der Waals surface area contributed by atoms with Crippen molar-refractivity contribution in [2.75, 3.05) is 0 Å². The molecular formula is C30H42O3. The molecule has 0 heterocycles. The molecule has 0 saturated carbocycles. The number of phenols is 3. The summed E-state index contributed by atoms with van der Waals surface area (Å²) >= 11 is 0. The summed E-state index contributed by atoms with van der Waals surface area (Å²) in [6.07, 6.45) is 0. The van der Waals surface area contributed by atoms with E-state index in [0.717, 1.165) is 27.8 Å². The predicted octanol–water partition coefficient (Wildman–Crippen LogP) is 8.47. The van der Waals surface area contributed by atoms with E-state index in [1.54, 1.807) is 12.1 Å². The molecule has 33 heavy (non-hydrogen) atoms. The molecule has 3 rings (SSSR count). The van der Waals surface area contributed by atoms with E-state index in [-0.39, 0.29) is 0 Å². The second kappa shape index (κ2) is 12.9. The van der Waals surface area contributed by atoms with Gasteiger partial charge in [-0.2, -0.15) is 0 Å². The molecule has 3 aromatic carbocycles. The molecule has 0 bridgehead atoms. The Morgan fingerprint density at radius 2 is 0.909 bits per heavy atom. The SMILES string of the molecule is Cc1ccc(C(C)C)c(O)c1.Cc1ccc(C(C)C)c(O)c1.Cc1ccc(C(C)C)cc1O. The Morgan fingerprint density at radius 1 is 0.485 bits per heavy atom. The third-order valence-corrected chi connectivity index (χ3v) is 5.52. The van der Waals surface area contributed by atoms with Crippen LogP contribution in [0.5, 0.6) is 17.2 Å². The number of hydrogen-bond acceptors (Lipinski definition) is 3. The molecule has 0 unspecified atom stereocenters. The minimum Gasteiger partial charge on any atom is -0.508 e. The summed E-state index contributed by atoms with van der Waals surface area (Å²) < 4.78 is 0. The van der Waals surface area contributed by atoms with Crippen LogP contribution in [0, 0.1) is 20.8 Å². The van der Waals surface area contributed by atoms with Crippen molar-refractivity contribution in [1.82, 2.24) is 0 Å². The molecule has 0 saturated heterocycles. The van der Waals surface area contributed by atoms with E-state index in [9.17, 15) is 15.3 Å². The van der Waals surface area contributed by atoms with Crippen molar-refractivity contribution in [3.05, 3.63) is 88.0 Å². The average Bonchev–Trinajstić information content (AvgIpc) is 2.70. The highest BCUT2D eigenvalue weighted by Gasteiger charge is 2.05. The van der Waals surface area contributed by atoms with Crippen LogP contribution in [-0.2, 0) is 0 Å². The lowest BCUT2D eigenvalue weighted by Crippen LogP contribution is -1.87. The van der Waals surface area contributed by atoms with E-state index in [0.29, 0.717) is 35.0 Å². The Morgan fingerprint density at radius 3 is 1.21 bits per heavy atom. The molecule has 180 valence electrons. The van der Waals surface area contributed by atoms with Gasteiger partial charge >= 0.3 is 0 Å². The summed E-state index contributed by atoms with van der Waals surface area (Å²) in [4.78, 5) is 0. The van der Waals surface area contributed by atoms with Crippen LogP contribution < -0.4 is 0 Å². The van der Waals surface area contributed by atoms with E-state index < -0.39 is 0 Å². The number of hydrogen-bond donors (Lipinski definition) is 3. The van der Waals surface area contributed by atoms with Crippen LogP contribution in [0.4, 0.5) is 0 Å². The smallest absolute Gasteiger partial charge is 0.119 e. The highest BCUT2D eigenvalue weighted by Crippen LogP contribution is 2.26. The first-order valence-corrected chi connectivity index (χ1v) is 11.7. The van der Waals surface area contributed by atoms with Gasteiger partial charge in [0.2, 0.25) is 0 Å². The van der Waals surface area contributed by atoms with Gasteiger partial charge in [0.25, 0.3) is 0 Å². The van der Waals surface area contributed by atoms with Gasteiger partial charge < -0.3 is 15.3 Å². The molecule has 0 amide bonds. The molecule has 0 aliphatic rings. The van der Waals surface area contributed by atoms with Crippen molar-refractivity contribution in [3.8, 4) is 17.2 Å². The summed E-state index contributed by atoms with van der Waals surface area (Å²) in [6, 6.07) is 17.4. The molecule has 0 aliphatic carbocycles. The van der Waals surface area contributed by atoms with Crippen LogP contribution in [0.15, 0.2) is 54.6 Å². The Bertz CT molecular complexity index is 962.